The van der Waals surface area contributed by atoms with Gasteiger partial charge < -0.3 is 4.74 Å². The van der Waals surface area contributed by atoms with Crippen molar-refractivity contribution < 1.29 is 48.6 Å². The van der Waals surface area contributed by atoms with Crippen LogP contribution in [0.25, 0.3) is 22.3 Å². The third-order valence-corrected chi connectivity index (χ3v) is 6.19. The Morgan fingerprint density at radius 2 is 1.05 bits per heavy atom. The normalized spacial score (nSPS) is 11.6. The van der Waals surface area contributed by atoms with Crippen LogP contribution in [0.4, 0.5) is 43.9 Å². The van der Waals surface area contributed by atoms with E-state index in [4.69, 9.17) is 0 Å². The van der Waals surface area contributed by atoms with Gasteiger partial charge in [-0.3, -0.25) is 0 Å². The monoisotopic (exact) mass is 584 g/mol. The summed E-state index contributed by atoms with van der Waals surface area (Å²) >= 11 is 0. The highest BCUT2D eigenvalue weighted by Gasteiger charge is 2.41. The average molecular weight is 584 g/mol. The molecule has 11 heteroatoms. The van der Waals surface area contributed by atoms with E-state index in [2.05, 4.69) is 11.3 Å². The fraction of sp³-hybridized carbons (Fsp3) is 0.133. The molecule has 0 N–H and O–H groups in total. The van der Waals surface area contributed by atoms with E-state index in [1.165, 1.54) is 6.08 Å². The molecule has 0 aromatic heterocycles. The largest absolute Gasteiger partial charge is 0.432 e. The van der Waals surface area contributed by atoms with Gasteiger partial charge in [0.15, 0.2) is 0 Å². The van der Waals surface area contributed by atoms with Crippen LogP contribution in [0.15, 0.2) is 61.2 Å². The fourth-order valence-corrected chi connectivity index (χ4v) is 4.18. The summed E-state index contributed by atoms with van der Waals surface area (Å²) in [5.41, 5.74) is -5.51. The lowest BCUT2D eigenvalue weighted by Crippen LogP contribution is -2.25. The van der Waals surface area contributed by atoms with E-state index in [0.29, 0.717) is 30.7 Å². The number of hydrogen-bond donors (Lipinski definition) is 0. The predicted octanol–water partition coefficient (Wildman–Crippen LogP) is 9.69. The summed E-state index contributed by atoms with van der Waals surface area (Å²) in [4.78, 5) is 0. The molecule has 0 radical (unpaired) electrons. The molecule has 0 heterocycles. The predicted molar refractivity (Wildman–Crippen MR) is 131 cm³/mol. The van der Waals surface area contributed by atoms with E-state index < -0.39 is 91.8 Å². The Balaban J connectivity index is 1.71. The number of ether oxygens (including phenoxy) is 1. The van der Waals surface area contributed by atoms with Crippen LogP contribution in [0, 0.1) is 53.5 Å². The van der Waals surface area contributed by atoms with Crippen molar-refractivity contribution in [2.75, 3.05) is 0 Å². The van der Waals surface area contributed by atoms with Crippen molar-refractivity contribution in [2.24, 2.45) is 0 Å². The smallest absolute Gasteiger partial charge is 0.429 e. The van der Waals surface area contributed by atoms with E-state index in [-0.39, 0.29) is 24.1 Å². The lowest BCUT2D eigenvalue weighted by molar-refractivity contribution is -0.189. The highest BCUT2D eigenvalue weighted by Crippen LogP contribution is 2.39. The van der Waals surface area contributed by atoms with Crippen molar-refractivity contribution in [1.82, 2.24) is 0 Å². The lowest BCUT2D eigenvalue weighted by Gasteiger charge is -2.20. The molecule has 0 saturated heterocycles. The van der Waals surface area contributed by atoms with E-state index in [1.807, 2.05) is 0 Å². The van der Waals surface area contributed by atoms with Crippen molar-refractivity contribution in [3.63, 3.8) is 0 Å². The molecule has 0 aliphatic carbocycles. The highest BCUT2D eigenvalue weighted by atomic mass is 19.3. The highest BCUT2D eigenvalue weighted by molar-refractivity contribution is 5.73. The zero-order chi connectivity index (χ0) is 30.2. The summed E-state index contributed by atoms with van der Waals surface area (Å²) in [7, 11) is 0. The second-order valence-corrected chi connectivity index (χ2v) is 9.02. The van der Waals surface area contributed by atoms with Gasteiger partial charge >= 0.3 is 6.11 Å². The lowest BCUT2D eigenvalue weighted by atomic mass is 9.96. The first kappa shape index (κ1) is 29.7. The molecule has 0 spiro atoms. The zero-order valence-electron chi connectivity index (χ0n) is 21.0. The van der Waals surface area contributed by atoms with Crippen LogP contribution in [-0.2, 0) is 12.5 Å². The number of rotatable bonds is 8. The second-order valence-electron chi connectivity index (χ2n) is 9.02. The molecule has 4 aromatic carbocycles. The standard InChI is InChI=1S/C30H18F10O/c1-3-4-5-15-6-21(33)27(22(34)7-15)16-8-23(35)28(24(36)9-16)17-10-25(37)29(26(38)11-17)30(39,40)41-18-12-19(31)14(2)20(32)13-18/h3,6-13H,1,4-5H2,2H3. The third-order valence-electron chi connectivity index (χ3n) is 6.19. The first-order valence-corrected chi connectivity index (χ1v) is 11.8. The molecule has 0 saturated carbocycles. The van der Waals surface area contributed by atoms with Crippen LogP contribution in [-0.4, -0.2) is 0 Å². The first-order valence-electron chi connectivity index (χ1n) is 11.8. The summed E-state index contributed by atoms with van der Waals surface area (Å²) in [6.07, 6.45) is -2.60. The summed E-state index contributed by atoms with van der Waals surface area (Å²) < 4.78 is 150. The number of hydrogen-bond acceptors (Lipinski definition) is 1. The van der Waals surface area contributed by atoms with Gasteiger partial charge in [-0.25, -0.2) is 35.1 Å². The van der Waals surface area contributed by atoms with E-state index in [9.17, 15) is 35.1 Å². The van der Waals surface area contributed by atoms with Crippen LogP contribution in [0.5, 0.6) is 5.75 Å². The van der Waals surface area contributed by atoms with E-state index >= 15 is 8.78 Å². The van der Waals surface area contributed by atoms with Crippen LogP contribution in [0.2, 0.25) is 0 Å². The second kappa shape index (κ2) is 11.3. The van der Waals surface area contributed by atoms with Crippen molar-refractivity contribution in [3.05, 3.63) is 124 Å². The molecular formula is C30H18F10O. The molecule has 0 aliphatic heterocycles. The number of halogens is 10. The summed E-state index contributed by atoms with van der Waals surface area (Å²) in [5, 5.41) is 0. The molecule has 41 heavy (non-hydrogen) atoms. The van der Waals surface area contributed by atoms with Gasteiger partial charge in [0, 0.05) is 17.7 Å². The number of allylic oxidation sites excluding steroid dienone is 1. The van der Waals surface area contributed by atoms with Gasteiger partial charge in [0.1, 0.15) is 57.9 Å². The van der Waals surface area contributed by atoms with E-state index in [1.54, 1.807) is 0 Å². The Morgan fingerprint density at radius 1 is 0.634 bits per heavy atom. The maximum Gasteiger partial charge on any atom is 0.432 e. The number of benzene rings is 4. The fourth-order valence-electron chi connectivity index (χ4n) is 4.18. The van der Waals surface area contributed by atoms with Crippen LogP contribution < -0.4 is 4.74 Å². The molecule has 0 atom stereocenters. The molecule has 4 rings (SSSR count). The zero-order valence-corrected chi connectivity index (χ0v) is 21.0. The maximum atomic E-state index is 15.0. The Bertz CT molecular complexity index is 1570. The minimum Gasteiger partial charge on any atom is -0.429 e. The van der Waals surface area contributed by atoms with Gasteiger partial charge in [0.25, 0.3) is 0 Å². The van der Waals surface area contributed by atoms with Crippen LogP contribution in [0.1, 0.15) is 23.1 Å². The molecule has 214 valence electrons. The van der Waals surface area contributed by atoms with Gasteiger partial charge in [0.2, 0.25) is 0 Å². The van der Waals surface area contributed by atoms with Crippen molar-refractivity contribution in [3.8, 4) is 28.0 Å². The molecule has 1 nitrogen and oxygen atoms in total. The molecule has 0 fully saturated rings. The van der Waals surface area contributed by atoms with Gasteiger partial charge in [-0.05, 0) is 72.9 Å². The van der Waals surface area contributed by atoms with Gasteiger partial charge in [-0.1, -0.05) is 6.08 Å². The quantitative estimate of drug-likeness (QED) is 0.148. The van der Waals surface area contributed by atoms with Gasteiger partial charge in [0.05, 0.1) is 11.1 Å². The Labute approximate surface area is 227 Å². The minimum absolute atomic E-state index is 0.183. The average Bonchev–Trinajstić information content (AvgIpc) is 2.84. The number of aryl methyl sites for hydroxylation is 1. The molecule has 0 amide bonds. The Hall–Kier alpha value is -4.28. The first-order chi connectivity index (χ1) is 19.2. The van der Waals surface area contributed by atoms with Crippen molar-refractivity contribution in [1.29, 1.82) is 0 Å². The Kier molecular flexibility index (Phi) is 8.19. The molecular weight excluding hydrogens is 566 g/mol. The molecule has 0 aliphatic rings. The van der Waals surface area contributed by atoms with E-state index in [0.717, 1.165) is 19.1 Å². The third kappa shape index (κ3) is 5.94. The van der Waals surface area contributed by atoms with Crippen LogP contribution >= 0.6 is 0 Å². The maximum absolute atomic E-state index is 15.0. The summed E-state index contributed by atoms with van der Waals surface area (Å²) in [6, 6.07) is 4.13. The van der Waals surface area contributed by atoms with Crippen LogP contribution in [0.3, 0.4) is 0 Å². The topological polar surface area (TPSA) is 9.23 Å². The molecule has 4 aromatic rings. The molecule has 0 bridgehead atoms. The number of alkyl halides is 2. The molecule has 0 unspecified atom stereocenters. The Morgan fingerprint density at radius 3 is 1.49 bits per heavy atom. The summed E-state index contributed by atoms with van der Waals surface area (Å²) in [6.45, 7) is 4.52. The van der Waals surface area contributed by atoms with Gasteiger partial charge in [-0.15, -0.1) is 6.58 Å². The summed E-state index contributed by atoms with van der Waals surface area (Å²) in [5.74, 6) is -12.9. The van der Waals surface area contributed by atoms with Gasteiger partial charge in [-0.2, -0.15) is 8.78 Å². The van der Waals surface area contributed by atoms with Crippen molar-refractivity contribution >= 4 is 0 Å². The SMILES string of the molecule is C=CCCc1cc(F)c(-c2cc(F)c(-c3cc(F)c(C(F)(F)Oc4cc(F)c(C)c(F)c4)c(F)c3)c(F)c2)c(F)c1. The van der Waals surface area contributed by atoms with Crippen molar-refractivity contribution in [2.45, 2.75) is 25.9 Å². The minimum atomic E-state index is -4.81.